The van der Waals surface area contributed by atoms with Crippen LogP contribution < -0.4 is 20.1 Å². The number of rotatable bonds is 11. The van der Waals surface area contributed by atoms with E-state index in [2.05, 4.69) is 38.3 Å². The Labute approximate surface area is 168 Å². The van der Waals surface area contributed by atoms with Gasteiger partial charge in [-0.3, -0.25) is 4.79 Å². The molecule has 0 aliphatic heterocycles. The molecule has 28 heavy (non-hydrogen) atoms. The van der Waals surface area contributed by atoms with Crippen molar-refractivity contribution in [2.24, 2.45) is 11.8 Å². The molecule has 0 saturated carbocycles. The highest BCUT2D eigenvalue weighted by atomic mass is 16.5. The van der Waals surface area contributed by atoms with Crippen molar-refractivity contribution in [3.05, 3.63) is 48.5 Å². The minimum absolute atomic E-state index is 0.109. The van der Waals surface area contributed by atoms with Crippen LogP contribution in [0.1, 0.15) is 34.1 Å². The lowest BCUT2D eigenvalue weighted by atomic mass is 10.1. The maximum atomic E-state index is 12.2. The first-order valence-electron chi connectivity index (χ1n) is 9.92. The molecule has 5 heteroatoms. The molecule has 152 valence electrons. The Kier molecular flexibility index (Phi) is 8.66. The lowest BCUT2D eigenvalue weighted by Gasteiger charge is -2.12. The summed E-state index contributed by atoms with van der Waals surface area (Å²) >= 11 is 0. The van der Waals surface area contributed by atoms with Gasteiger partial charge >= 0.3 is 0 Å². The second-order valence-electron chi connectivity index (χ2n) is 7.69. The van der Waals surface area contributed by atoms with Crippen molar-refractivity contribution in [2.75, 3.05) is 30.4 Å². The third-order valence-electron chi connectivity index (χ3n) is 3.97. The van der Waals surface area contributed by atoms with Crippen LogP contribution in [0.2, 0.25) is 0 Å². The molecule has 0 bridgehead atoms. The summed E-state index contributed by atoms with van der Waals surface area (Å²) in [7, 11) is 0. The zero-order valence-electron chi connectivity index (χ0n) is 17.3. The molecule has 0 fully saturated rings. The van der Waals surface area contributed by atoms with E-state index in [0.29, 0.717) is 25.0 Å². The molecular formula is C23H32N2O3. The van der Waals surface area contributed by atoms with Crippen LogP contribution in [0.3, 0.4) is 0 Å². The predicted octanol–water partition coefficient (Wildman–Crippen LogP) is 5.20. The van der Waals surface area contributed by atoms with Gasteiger partial charge in [0.25, 0.3) is 0 Å². The maximum Gasteiger partial charge on any atom is 0.243 e. The Bertz CT molecular complexity index is 727. The zero-order valence-corrected chi connectivity index (χ0v) is 17.3. The lowest BCUT2D eigenvalue weighted by Crippen LogP contribution is -2.21. The number of nitrogens with one attached hydrogen (secondary N) is 2. The van der Waals surface area contributed by atoms with Gasteiger partial charge in [0, 0.05) is 17.4 Å². The summed E-state index contributed by atoms with van der Waals surface area (Å²) in [5, 5.41) is 6.01. The number of carbonyl (C=O) groups is 1. The SMILES string of the molecule is CC(C)CCOc1ccc(NC(=O)CNc2cccc(OCC(C)C)c2)cc1. The topological polar surface area (TPSA) is 59.6 Å². The monoisotopic (exact) mass is 384 g/mol. The van der Waals surface area contributed by atoms with Crippen LogP contribution in [-0.2, 0) is 4.79 Å². The molecule has 5 nitrogen and oxygen atoms in total. The second kappa shape index (κ2) is 11.2. The fourth-order valence-electron chi connectivity index (χ4n) is 2.39. The van der Waals surface area contributed by atoms with Crippen molar-refractivity contribution in [1.82, 2.24) is 0 Å². The van der Waals surface area contributed by atoms with Gasteiger partial charge in [0.1, 0.15) is 11.5 Å². The molecule has 2 rings (SSSR count). The van der Waals surface area contributed by atoms with Gasteiger partial charge in [0.05, 0.1) is 19.8 Å². The number of benzene rings is 2. The Balaban J connectivity index is 1.77. The number of hydrogen-bond donors (Lipinski definition) is 2. The molecule has 0 heterocycles. The normalized spacial score (nSPS) is 10.8. The highest BCUT2D eigenvalue weighted by Crippen LogP contribution is 2.19. The van der Waals surface area contributed by atoms with Gasteiger partial charge in [0.15, 0.2) is 0 Å². The molecule has 0 aliphatic rings. The number of carbonyl (C=O) groups excluding carboxylic acids is 1. The summed E-state index contributed by atoms with van der Waals surface area (Å²) in [6.45, 7) is 10.1. The van der Waals surface area contributed by atoms with E-state index in [1.54, 1.807) is 0 Å². The Morgan fingerprint density at radius 1 is 0.893 bits per heavy atom. The van der Waals surface area contributed by atoms with Gasteiger partial charge < -0.3 is 20.1 Å². The summed E-state index contributed by atoms with van der Waals surface area (Å²) in [5.74, 6) is 2.59. The molecule has 0 aliphatic carbocycles. The third kappa shape index (κ3) is 8.33. The average molecular weight is 385 g/mol. The van der Waals surface area contributed by atoms with Crippen molar-refractivity contribution >= 4 is 17.3 Å². The summed E-state index contributed by atoms with van der Waals surface area (Å²) in [6.07, 6.45) is 1.02. The molecule has 2 aromatic rings. The molecule has 2 N–H and O–H groups in total. The van der Waals surface area contributed by atoms with Gasteiger partial charge in [-0.1, -0.05) is 33.8 Å². The highest BCUT2D eigenvalue weighted by molar-refractivity contribution is 5.93. The van der Waals surface area contributed by atoms with Crippen LogP contribution in [0.15, 0.2) is 48.5 Å². The molecule has 2 aromatic carbocycles. The van der Waals surface area contributed by atoms with E-state index >= 15 is 0 Å². The van der Waals surface area contributed by atoms with E-state index < -0.39 is 0 Å². The largest absolute Gasteiger partial charge is 0.494 e. The fraction of sp³-hybridized carbons (Fsp3) is 0.435. The molecule has 0 unspecified atom stereocenters. The van der Waals surface area contributed by atoms with Gasteiger partial charge in [-0.05, 0) is 54.7 Å². The quantitative estimate of drug-likeness (QED) is 0.559. The average Bonchev–Trinajstić information content (AvgIpc) is 2.66. The smallest absolute Gasteiger partial charge is 0.243 e. The summed E-state index contributed by atoms with van der Waals surface area (Å²) < 4.78 is 11.4. The van der Waals surface area contributed by atoms with Crippen LogP contribution in [0, 0.1) is 11.8 Å². The van der Waals surface area contributed by atoms with Crippen LogP contribution in [0.4, 0.5) is 11.4 Å². The van der Waals surface area contributed by atoms with Crippen LogP contribution in [-0.4, -0.2) is 25.7 Å². The maximum absolute atomic E-state index is 12.2. The van der Waals surface area contributed by atoms with Crippen LogP contribution in [0.25, 0.3) is 0 Å². The van der Waals surface area contributed by atoms with Gasteiger partial charge in [-0.15, -0.1) is 0 Å². The molecule has 0 atom stereocenters. The fourth-order valence-corrected chi connectivity index (χ4v) is 2.39. The molecule has 0 saturated heterocycles. The lowest BCUT2D eigenvalue weighted by molar-refractivity contribution is -0.114. The van der Waals surface area contributed by atoms with E-state index in [0.717, 1.165) is 29.3 Å². The summed E-state index contributed by atoms with van der Waals surface area (Å²) in [5.41, 5.74) is 1.60. The van der Waals surface area contributed by atoms with Gasteiger partial charge in [0.2, 0.25) is 5.91 Å². The van der Waals surface area contributed by atoms with E-state index in [1.807, 2.05) is 48.5 Å². The Morgan fingerprint density at radius 2 is 1.64 bits per heavy atom. The Morgan fingerprint density at radius 3 is 2.32 bits per heavy atom. The summed E-state index contributed by atoms with van der Waals surface area (Å²) in [4.78, 5) is 12.2. The summed E-state index contributed by atoms with van der Waals surface area (Å²) in [6, 6.07) is 15.1. The number of hydrogen-bond acceptors (Lipinski definition) is 4. The third-order valence-corrected chi connectivity index (χ3v) is 3.97. The predicted molar refractivity (Wildman–Crippen MR) is 115 cm³/mol. The number of amides is 1. The molecule has 1 amide bonds. The first-order chi connectivity index (χ1) is 13.4. The molecular weight excluding hydrogens is 352 g/mol. The van der Waals surface area contributed by atoms with Gasteiger partial charge in [-0.25, -0.2) is 0 Å². The van der Waals surface area contributed by atoms with Gasteiger partial charge in [-0.2, -0.15) is 0 Å². The molecule has 0 spiro atoms. The van der Waals surface area contributed by atoms with Crippen molar-refractivity contribution in [1.29, 1.82) is 0 Å². The standard InChI is InChI=1S/C23H32N2O3/c1-17(2)12-13-27-21-10-8-19(9-11-21)25-23(26)15-24-20-6-5-7-22(14-20)28-16-18(3)4/h5-11,14,17-18,24H,12-13,15-16H2,1-4H3,(H,25,26). The minimum atomic E-state index is -0.109. The van der Waals surface area contributed by atoms with E-state index in [4.69, 9.17) is 9.47 Å². The van der Waals surface area contributed by atoms with Crippen molar-refractivity contribution in [3.8, 4) is 11.5 Å². The second-order valence-corrected chi connectivity index (χ2v) is 7.69. The zero-order chi connectivity index (χ0) is 20.4. The van der Waals surface area contributed by atoms with Crippen molar-refractivity contribution in [3.63, 3.8) is 0 Å². The number of ether oxygens (including phenoxy) is 2. The van der Waals surface area contributed by atoms with Crippen molar-refractivity contribution in [2.45, 2.75) is 34.1 Å². The molecule has 0 radical (unpaired) electrons. The van der Waals surface area contributed by atoms with E-state index in [9.17, 15) is 4.79 Å². The van der Waals surface area contributed by atoms with E-state index in [-0.39, 0.29) is 12.5 Å². The molecule has 0 aromatic heterocycles. The van der Waals surface area contributed by atoms with Crippen molar-refractivity contribution < 1.29 is 14.3 Å². The minimum Gasteiger partial charge on any atom is -0.494 e. The highest BCUT2D eigenvalue weighted by Gasteiger charge is 2.04. The Hall–Kier alpha value is -2.69. The van der Waals surface area contributed by atoms with E-state index in [1.165, 1.54) is 0 Å². The van der Waals surface area contributed by atoms with Crippen LogP contribution in [0.5, 0.6) is 11.5 Å². The first kappa shape index (κ1) is 21.6. The first-order valence-corrected chi connectivity index (χ1v) is 9.92. The number of anilines is 2. The van der Waals surface area contributed by atoms with Crippen LogP contribution >= 0.6 is 0 Å².